The fraction of sp³-hybridized carbons (Fsp3) is 0.500. The molecule has 0 aromatic heterocycles. The molecule has 0 aliphatic carbocycles. The molecule has 1 heteroatoms. The van der Waals surface area contributed by atoms with Crippen molar-refractivity contribution in [2.24, 2.45) is 0 Å². The maximum absolute atomic E-state index is 2.66. The van der Waals surface area contributed by atoms with Gasteiger partial charge in [-0.3, -0.25) is 4.90 Å². The average molecular weight is 392 g/mol. The molecule has 0 unspecified atom stereocenters. The lowest BCUT2D eigenvalue weighted by molar-refractivity contribution is 0.287. The van der Waals surface area contributed by atoms with E-state index in [2.05, 4.69) is 86.3 Å². The maximum Gasteiger partial charge on any atom is 0.0169 e. The first kappa shape index (κ1) is 23.4. The van der Waals surface area contributed by atoms with Crippen LogP contribution in [0, 0.1) is 0 Å². The van der Waals surface area contributed by atoms with Gasteiger partial charge in [-0.05, 0) is 55.1 Å². The molecule has 158 valence electrons. The van der Waals surface area contributed by atoms with Crippen LogP contribution in [0.3, 0.4) is 0 Å². The van der Waals surface area contributed by atoms with E-state index in [0.717, 1.165) is 6.54 Å². The van der Waals surface area contributed by atoms with Gasteiger partial charge in [0.25, 0.3) is 0 Å². The second-order valence-corrected chi connectivity index (χ2v) is 8.25. The van der Waals surface area contributed by atoms with Gasteiger partial charge in [0.2, 0.25) is 0 Å². The number of allylic oxidation sites excluding steroid dienone is 1. The molecule has 0 spiro atoms. The predicted molar refractivity (Wildman–Crippen MR) is 130 cm³/mol. The van der Waals surface area contributed by atoms with Crippen LogP contribution < -0.4 is 0 Å². The van der Waals surface area contributed by atoms with Crippen LogP contribution in [-0.2, 0) is 0 Å². The highest BCUT2D eigenvalue weighted by Crippen LogP contribution is 2.22. The normalized spacial score (nSPS) is 11.9. The minimum Gasteiger partial charge on any atom is -0.300 e. The van der Waals surface area contributed by atoms with E-state index < -0.39 is 0 Å². The van der Waals surface area contributed by atoms with E-state index in [1.54, 1.807) is 0 Å². The van der Waals surface area contributed by atoms with Gasteiger partial charge in [0.1, 0.15) is 0 Å². The van der Waals surface area contributed by atoms with E-state index in [9.17, 15) is 0 Å². The fourth-order valence-electron chi connectivity index (χ4n) is 3.76. The van der Waals surface area contributed by atoms with Crippen molar-refractivity contribution in [3.05, 3.63) is 66.2 Å². The van der Waals surface area contributed by atoms with Crippen molar-refractivity contribution >= 4 is 5.57 Å². The summed E-state index contributed by atoms with van der Waals surface area (Å²) in [5, 5.41) is 0. The van der Waals surface area contributed by atoms with Gasteiger partial charge >= 0.3 is 0 Å². The van der Waals surface area contributed by atoms with Crippen LogP contribution in [0.25, 0.3) is 16.7 Å². The molecule has 0 aliphatic heterocycles. The standard InChI is InChI=1S/C28H41N/c1-4-6-8-13-22-29(23-14-9-7-5-2)24-21-25(3)26-17-19-28(20-18-26)27-15-11-10-12-16-27/h10-12,15-21H,4-9,13-14,22-24H2,1-3H3. The summed E-state index contributed by atoms with van der Waals surface area (Å²) >= 11 is 0. The summed E-state index contributed by atoms with van der Waals surface area (Å²) in [7, 11) is 0. The Hall–Kier alpha value is -1.86. The summed E-state index contributed by atoms with van der Waals surface area (Å²) in [6, 6.07) is 19.6. The highest BCUT2D eigenvalue weighted by molar-refractivity contribution is 5.69. The van der Waals surface area contributed by atoms with Crippen LogP contribution in [0.4, 0.5) is 0 Å². The number of nitrogens with zero attached hydrogens (tertiary/aromatic N) is 1. The van der Waals surface area contributed by atoms with Crippen molar-refractivity contribution in [3.8, 4) is 11.1 Å². The second kappa shape index (κ2) is 14.2. The highest BCUT2D eigenvalue weighted by Gasteiger charge is 2.05. The molecule has 0 amide bonds. The first-order chi connectivity index (χ1) is 14.2. The van der Waals surface area contributed by atoms with Crippen molar-refractivity contribution < 1.29 is 0 Å². The highest BCUT2D eigenvalue weighted by atomic mass is 15.1. The Bertz CT molecular complexity index is 672. The number of rotatable bonds is 14. The minimum atomic E-state index is 1.07. The summed E-state index contributed by atoms with van der Waals surface area (Å²) in [6.45, 7) is 10.4. The fourth-order valence-corrected chi connectivity index (χ4v) is 3.76. The summed E-state index contributed by atoms with van der Waals surface area (Å²) in [5.41, 5.74) is 5.29. The summed E-state index contributed by atoms with van der Waals surface area (Å²) in [4.78, 5) is 2.66. The number of benzene rings is 2. The van der Waals surface area contributed by atoms with Crippen LogP contribution in [0.2, 0.25) is 0 Å². The van der Waals surface area contributed by atoms with Crippen LogP contribution >= 0.6 is 0 Å². The van der Waals surface area contributed by atoms with E-state index in [-0.39, 0.29) is 0 Å². The molecule has 2 aromatic carbocycles. The molecule has 2 aromatic rings. The van der Waals surface area contributed by atoms with Crippen LogP contribution in [0.5, 0.6) is 0 Å². The Labute approximate surface area is 179 Å². The molecule has 1 nitrogen and oxygen atoms in total. The van der Waals surface area contributed by atoms with Crippen molar-refractivity contribution in [3.63, 3.8) is 0 Å². The molecule has 0 aliphatic rings. The molecule has 0 N–H and O–H groups in total. The van der Waals surface area contributed by atoms with Crippen LogP contribution in [-0.4, -0.2) is 24.5 Å². The van der Waals surface area contributed by atoms with Crippen molar-refractivity contribution in [1.29, 1.82) is 0 Å². The van der Waals surface area contributed by atoms with Crippen molar-refractivity contribution in [2.45, 2.75) is 72.1 Å². The van der Waals surface area contributed by atoms with Crippen molar-refractivity contribution in [2.75, 3.05) is 19.6 Å². The first-order valence-electron chi connectivity index (χ1n) is 11.8. The molecular weight excluding hydrogens is 350 g/mol. The lowest BCUT2D eigenvalue weighted by atomic mass is 10.0. The Balaban J connectivity index is 1.92. The van der Waals surface area contributed by atoms with Crippen LogP contribution in [0.15, 0.2) is 60.7 Å². The van der Waals surface area contributed by atoms with Gasteiger partial charge < -0.3 is 0 Å². The molecule has 2 rings (SSSR count). The molecular formula is C28H41N. The lowest BCUT2D eigenvalue weighted by Gasteiger charge is -2.21. The molecule has 0 bridgehead atoms. The zero-order chi connectivity index (χ0) is 20.7. The van der Waals surface area contributed by atoms with Gasteiger partial charge in [-0.25, -0.2) is 0 Å². The molecule has 0 heterocycles. The third kappa shape index (κ3) is 9.00. The topological polar surface area (TPSA) is 3.24 Å². The van der Waals surface area contributed by atoms with Gasteiger partial charge in [-0.1, -0.05) is 113 Å². The SMILES string of the molecule is CCCCCCN(CC=C(C)c1ccc(-c2ccccc2)cc1)CCCCCC. The Morgan fingerprint density at radius 1 is 0.690 bits per heavy atom. The molecule has 0 fully saturated rings. The van der Waals surface area contributed by atoms with Gasteiger partial charge in [-0.15, -0.1) is 0 Å². The predicted octanol–water partition coefficient (Wildman–Crippen LogP) is 8.22. The van der Waals surface area contributed by atoms with E-state index in [4.69, 9.17) is 0 Å². The third-order valence-corrected chi connectivity index (χ3v) is 5.76. The van der Waals surface area contributed by atoms with E-state index >= 15 is 0 Å². The Kier molecular flexibility index (Phi) is 11.4. The van der Waals surface area contributed by atoms with E-state index in [0.29, 0.717) is 0 Å². The average Bonchev–Trinajstić information content (AvgIpc) is 2.77. The van der Waals surface area contributed by atoms with Gasteiger partial charge in [0, 0.05) is 6.54 Å². The molecule has 0 saturated heterocycles. The largest absolute Gasteiger partial charge is 0.300 e. The number of unbranched alkanes of at least 4 members (excludes halogenated alkanes) is 6. The molecule has 29 heavy (non-hydrogen) atoms. The number of hydrogen-bond donors (Lipinski definition) is 0. The van der Waals surface area contributed by atoms with Gasteiger partial charge in [0.15, 0.2) is 0 Å². The second-order valence-electron chi connectivity index (χ2n) is 8.25. The molecule has 0 radical (unpaired) electrons. The Morgan fingerprint density at radius 3 is 1.79 bits per heavy atom. The summed E-state index contributed by atoms with van der Waals surface area (Å²) in [6.07, 6.45) is 13.2. The number of hydrogen-bond acceptors (Lipinski definition) is 1. The first-order valence-corrected chi connectivity index (χ1v) is 11.8. The minimum absolute atomic E-state index is 1.07. The summed E-state index contributed by atoms with van der Waals surface area (Å²) < 4.78 is 0. The van der Waals surface area contributed by atoms with E-state index in [1.165, 1.54) is 86.7 Å². The zero-order valence-corrected chi connectivity index (χ0v) is 19.0. The van der Waals surface area contributed by atoms with Gasteiger partial charge in [-0.2, -0.15) is 0 Å². The lowest BCUT2D eigenvalue weighted by Crippen LogP contribution is -2.26. The third-order valence-electron chi connectivity index (χ3n) is 5.76. The van der Waals surface area contributed by atoms with Crippen LogP contribution in [0.1, 0.15) is 77.7 Å². The molecule has 0 saturated carbocycles. The monoisotopic (exact) mass is 391 g/mol. The Morgan fingerprint density at radius 2 is 1.24 bits per heavy atom. The van der Waals surface area contributed by atoms with Gasteiger partial charge in [0.05, 0.1) is 0 Å². The zero-order valence-electron chi connectivity index (χ0n) is 19.0. The summed E-state index contributed by atoms with van der Waals surface area (Å²) in [5.74, 6) is 0. The van der Waals surface area contributed by atoms with Crippen molar-refractivity contribution in [1.82, 2.24) is 4.90 Å². The smallest absolute Gasteiger partial charge is 0.0169 e. The quantitative estimate of drug-likeness (QED) is 0.293. The van der Waals surface area contributed by atoms with E-state index in [1.807, 2.05) is 0 Å². The maximum atomic E-state index is 2.66. The molecule has 0 atom stereocenters.